The number of hydrogen-bond acceptors (Lipinski definition) is 4. The minimum atomic E-state index is -0.460. The van der Waals surface area contributed by atoms with Gasteiger partial charge in [-0.2, -0.15) is 0 Å². The van der Waals surface area contributed by atoms with Crippen LogP contribution < -0.4 is 5.32 Å². The van der Waals surface area contributed by atoms with Crippen LogP contribution in [0.3, 0.4) is 0 Å². The average molecular weight is 344 g/mol. The summed E-state index contributed by atoms with van der Waals surface area (Å²) in [5.74, 6) is -0.309. The number of carbonyl (C=O) groups is 2. The molecule has 6 heteroatoms. The number of alkyl halides is 1. The maximum atomic E-state index is 11.4. The lowest BCUT2D eigenvalue weighted by atomic mass is 10.2. The highest BCUT2D eigenvalue weighted by Gasteiger charge is 2.14. The molecule has 0 saturated heterocycles. The van der Waals surface area contributed by atoms with E-state index in [1.807, 2.05) is 30.3 Å². The van der Waals surface area contributed by atoms with Crippen LogP contribution in [0.4, 0.5) is 4.79 Å². The smallest absolute Gasteiger partial charge is 0.407 e. The van der Waals surface area contributed by atoms with Crippen molar-refractivity contribution in [1.82, 2.24) is 5.32 Å². The number of methoxy groups -OCH3 is 1. The Morgan fingerprint density at radius 1 is 1.30 bits per heavy atom. The van der Waals surface area contributed by atoms with E-state index < -0.39 is 6.09 Å². The molecule has 1 aromatic rings. The Kier molecular flexibility index (Phi) is 7.72. The van der Waals surface area contributed by atoms with Crippen LogP contribution in [0.15, 0.2) is 30.3 Å². The molecule has 0 heterocycles. The Labute approximate surface area is 126 Å². The maximum Gasteiger partial charge on any atom is 0.407 e. The average Bonchev–Trinajstić information content (AvgIpc) is 2.49. The summed E-state index contributed by atoms with van der Waals surface area (Å²) in [4.78, 5) is 22.2. The fraction of sp³-hybridized carbons (Fsp3) is 0.429. The first-order chi connectivity index (χ1) is 9.63. The van der Waals surface area contributed by atoms with E-state index in [1.54, 1.807) is 0 Å². The van der Waals surface area contributed by atoms with Crippen LogP contribution >= 0.6 is 15.9 Å². The Balaban J connectivity index is 2.10. The number of nitrogens with one attached hydrogen (secondary N) is 1. The van der Waals surface area contributed by atoms with Crippen molar-refractivity contribution in [3.8, 4) is 0 Å². The zero-order valence-corrected chi connectivity index (χ0v) is 12.9. The highest BCUT2D eigenvalue weighted by Crippen LogP contribution is 2.09. The monoisotopic (exact) mass is 343 g/mol. The van der Waals surface area contributed by atoms with Crippen molar-refractivity contribution < 1.29 is 19.1 Å². The number of esters is 1. The fourth-order valence-corrected chi connectivity index (χ4v) is 2.00. The largest absolute Gasteiger partial charge is 0.468 e. The predicted molar refractivity (Wildman–Crippen MR) is 78.6 cm³/mol. The number of carbonyl (C=O) groups excluding carboxylic acids is 2. The summed E-state index contributed by atoms with van der Waals surface area (Å²) in [6.45, 7) is 0.697. The van der Waals surface area contributed by atoms with E-state index in [4.69, 9.17) is 4.74 Å². The summed E-state index contributed by atoms with van der Waals surface area (Å²) in [5.41, 5.74) is 0.939. The SMILES string of the molecule is COC(=O)C(Br)CCCNC(=O)OCc1ccccc1. The Morgan fingerprint density at radius 3 is 2.65 bits per heavy atom. The molecule has 0 bridgehead atoms. The number of ether oxygens (including phenoxy) is 2. The summed E-state index contributed by atoms with van der Waals surface area (Å²) in [6.07, 6.45) is 0.787. The standard InChI is InChI=1S/C14H18BrNO4/c1-19-13(17)12(15)8-5-9-16-14(18)20-10-11-6-3-2-4-7-11/h2-4,6-7,12H,5,8-10H2,1H3,(H,16,18). The van der Waals surface area contributed by atoms with Gasteiger partial charge in [0.25, 0.3) is 0 Å². The minimum absolute atomic E-state index is 0.246. The van der Waals surface area contributed by atoms with Gasteiger partial charge in [0, 0.05) is 6.54 Å². The molecule has 0 spiro atoms. The van der Waals surface area contributed by atoms with Gasteiger partial charge < -0.3 is 14.8 Å². The lowest BCUT2D eigenvalue weighted by molar-refractivity contribution is -0.139. The number of benzene rings is 1. The van der Waals surface area contributed by atoms with Crippen LogP contribution in [0.1, 0.15) is 18.4 Å². The Morgan fingerprint density at radius 2 is 2.00 bits per heavy atom. The molecular weight excluding hydrogens is 326 g/mol. The summed E-state index contributed by atoms with van der Waals surface area (Å²) in [7, 11) is 1.34. The molecule has 0 aliphatic carbocycles. The van der Waals surface area contributed by atoms with Gasteiger partial charge in [-0.25, -0.2) is 4.79 Å². The highest BCUT2D eigenvalue weighted by molar-refractivity contribution is 9.10. The second kappa shape index (κ2) is 9.36. The van der Waals surface area contributed by atoms with Gasteiger partial charge in [0.15, 0.2) is 0 Å². The van der Waals surface area contributed by atoms with Gasteiger partial charge in [-0.05, 0) is 18.4 Å². The van der Waals surface area contributed by atoms with Gasteiger partial charge in [0.05, 0.1) is 7.11 Å². The van der Waals surface area contributed by atoms with Gasteiger partial charge in [-0.1, -0.05) is 46.3 Å². The fourth-order valence-electron chi connectivity index (χ4n) is 1.49. The zero-order valence-electron chi connectivity index (χ0n) is 11.3. The lowest BCUT2D eigenvalue weighted by Gasteiger charge is -2.09. The molecule has 110 valence electrons. The van der Waals surface area contributed by atoms with E-state index in [1.165, 1.54) is 7.11 Å². The van der Waals surface area contributed by atoms with Gasteiger partial charge in [-0.15, -0.1) is 0 Å². The van der Waals surface area contributed by atoms with E-state index in [0.717, 1.165) is 5.56 Å². The van der Waals surface area contributed by atoms with E-state index in [0.29, 0.717) is 19.4 Å². The van der Waals surface area contributed by atoms with Crippen LogP contribution in [-0.4, -0.2) is 30.5 Å². The molecule has 0 radical (unpaired) electrons. The molecule has 1 atom stereocenters. The van der Waals surface area contributed by atoms with Crippen molar-refractivity contribution in [3.63, 3.8) is 0 Å². The first kappa shape index (κ1) is 16.5. The molecule has 0 aliphatic rings. The van der Waals surface area contributed by atoms with Crippen molar-refractivity contribution in [2.75, 3.05) is 13.7 Å². The normalized spacial score (nSPS) is 11.5. The highest BCUT2D eigenvalue weighted by atomic mass is 79.9. The Bertz CT molecular complexity index is 424. The topological polar surface area (TPSA) is 64.6 Å². The van der Waals surface area contributed by atoms with Crippen molar-refractivity contribution in [2.24, 2.45) is 0 Å². The van der Waals surface area contributed by atoms with Gasteiger partial charge >= 0.3 is 12.1 Å². The van der Waals surface area contributed by atoms with Gasteiger partial charge in [-0.3, -0.25) is 4.79 Å². The molecule has 1 aromatic carbocycles. The van der Waals surface area contributed by atoms with Crippen LogP contribution in [0.25, 0.3) is 0 Å². The quantitative estimate of drug-likeness (QED) is 0.469. The summed E-state index contributed by atoms with van der Waals surface area (Å²) in [6, 6.07) is 9.46. The first-order valence-electron chi connectivity index (χ1n) is 6.30. The molecule has 20 heavy (non-hydrogen) atoms. The molecule has 0 aromatic heterocycles. The molecule has 5 nitrogen and oxygen atoms in total. The molecule has 1 rings (SSSR count). The van der Waals surface area contributed by atoms with Gasteiger partial charge in [0.2, 0.25) is 0 Å². The number of hydrogen-bond donors (Lipinski definition) is 1. The molecule has 0 aliphatic heterocycles. The zero-order chi connectivity index (χ0) is 14.8. The van der Waals surface area contributed by atoms with Gasteiger partial charge in [0.1, 0.15) is 11.4 Å². The number of alkyl carbamates (subject to hydrolysis) is 1. The lowest BCUT2D eigenvalue weighted by Crippen LogP contribution is -2.26. The Hall–Kier alpha value is -1.56. The third-order valence-corrected chi connectivity index (χ3v) is 3.41. The van der Waals surface area contributed by atoms with Crippen molar-refractivity contribution in [2.45, 2.75) is 24.3 Å². The molecular formula is C14H18BrNO4. The van der Waals surface area contributed by atoms with E-state index in [9.17, 15) is 9.59 Å². The number of halogens is 1. The third kappa shape index (κ3) is 6.56. The summed E-state index contributed by atoms with van der Waals surface area (Å²) >= 11 is 3.21. The van der Waals surface area contributed by atoms with Crippen molar-refractivity contribution in [3.05, 3.63) is 35.9 Å². The second-order valence-corrected chi connectivity index (χ2v) is 5.23. The second-order valence-electron chi connectivity index (χ2n) is 4.12. The number of rotatable bonds is 7. The molecule has 0 fully saturated rings. The van der Waals surface area contributed by atoms with E-state index >= 15 is 0 Å². The molecule has 1 N–H and O–H groups in total. The third-order valence-electron chi connectivity index (χ3n) is 2.57. The maximum absolute atomic E-state index is 11.4. The summed E-state index contributed by atoms with van der Waals surface area (Å²) in [5, 5.41) is 2.63. The van der Waals surface area contributed by atoms with E-state index in [2.05, 4.69) is 26.0 Å². The first-order valence-corrected chi connectivity index (χ1v) is 7.21. The van der Waals surface area contributed by atoms with Crippen LogP contribution in [0.2, 0.25) is 0 Å². The minimum Gasteiger partial charge on any atom is -0.468 e. The van der Waals surface area contributed by atoms with Crippen LogP contribution in [0, 0.1) is 0 Å². The van der Waals surface area contributed by atoms with Crippen molar-refractivity contribution >= 4 is 28.0 Å². The molecule has 1 unspecified atom stereocenters. The van der Waals surface area contributed by atoms with Crippen LogP contribution in [-0.2, 0) is 20.9 Å². The predicted octanol–water partition coefficient (Wildman–Crippen LogP) is 2.63. The summed E-state index contributed by atoms with van der Waals surface area (Å²) < 4.78 is 9.63. The van der Waals surface area contributed by atoms with Crippen LogP contribution in [0.5, 0.6) is 0 Å². The molecule has 1 amide bonds. The molecule has 0 saturated carbocycles. The van der Waals surface area contributed by atoms with Crippen molar-refractivity contribution in [1.29, 1.82) is 0 Å². The van der Waals surface area contributed by atoms with E-state index in [-0.39, 0.29) is 17.4 Å². The number of amides is 1.